The van der Waals surface area contributed by atoms with Crippen molar-refractivity contribution in [2.75, 3.05) is 6.54 Å². The predicted molar refractivity (Wildman–Crippen MR) is 67.4 cm³/mol. The number of benzene rings is 1. The third-order valence-corrected chi connectivity index (χ3v) is 3.38. The van der Waals surface area contributed by atoms with Gasteiger partial charge in [0.25, 0.3) is 0 Å². The summed E-state index contributed by atoms with van der Waals surface area (Å²) in [5, 5.41) is 7.37. The zero-order valence-corrected chi connectivity index (χ0v) is 10.8. The molecule has 0 saturated carbocycles. The second-order valence-corrected chi connectivity index (χ2v) is 5.03. The Balaban J connectivity index is 1.89. The van der Waals surface area contributed by atoms with E-state index in [-0.39, 0.29) is 6.04 Å². The summed E-state index contributed by atoms with van der Waals surface area (Å²) in [5.41, 5.74) is 0.965. The van der Waals surface area contributed by atoms with Gasteiger partial charge in [-0.25, -0.2) is 0 Å². The van der Waals surface area contributed by atoms with Crippen LogP contribution in [0.15, 0.2) is 33.3 Å². The zero-order chi connectivity index (χ0) is 11.7. The van der Waals surface area contributed by atoms with Gasteiger partial charge in [0.05, 0.1) is 6.04 Å². The van der Waals surface area contributed by atoms with Gasteiger partial charge in [-0.2, -0.15) is 4.98 Å². The van der Waals surface area contributed by atoms with E-state index in [4.69, 9.17) is 4.52 Å². The summed E-state index contributed by atoms with van der Waals surface area (Å²) in [6.07, 6.45) is 2.24. The summed E-state index contributed by atoms with van der Waals surface area (Å²) >= 11 is 3.43. The second-order valence-electron chi connectivity index (χ2n) is 4.12. The maximum absolute atomic E-state index is 5.30. The van der Waals surface area contributed by atoms with Gasteiger partial charge in [-0.3, -0.25) is 0 Å². The highest BCUT2D eigenvalue weighted by molar-refractivity contribution is 9.10. The van der Waals surface area contributed by atoms with E-state index in [2.05, 4.69) is 31.4 Å². The van der Waals surface area contributed by atoms with Crippen molar-refractivity contribution in [3.8, 4) is 11.4 Å². The first kappa shape index (κ1) is 10.9. The van der Waals surface area contributed by atoms with Crippen LogP contribution in [0, 0.1) is 0 Å². The second kappa shape index (κ2) is 4.58. The molecule has 4 nitrogen and oxygen atoms in total. The van der Waals surface area contributed by atoms with E-state index in [0.717, 1.165) is 23.0 Å². The minimum absolute atomic E-state index is 0.225. The van der Waals surface area contributed by atoms with Crippen molar-refractivity contribution in [1.29, 1.82) is 0 Å². The Morgan fingerprint density at radius 2 is 2.35 bits per heavy atom. The van der Waals surface area contributed by atoms with Gasteiger partial charge in [-0.1, -0.05) is 33.2 Å². The van der Waals surface area contributed by atoms with Crippen LogP contribution >= 0.6 is 15.9 Å². The first-order valence-corrected chi connectivity index (χ1v) is 6.45. The Hall–Kier alpha value is -1.20. The maximum Gasteiger partial charge on any atom is 0.244 e. The smallest absolute Gasteiger partial charge is 0.244 e. The molecule has 0 amide bonds. The fourth-order valence-electron chi connectivity index (χ4n) is 2.02. The fraction of sp³-hybridized carbons (Fsp3) is 0.333. The molecule has 0 bridgehead atoms. The highest BCUT2D eigenvalue weighted by Gasteiger charge is 2.22. The Bertz CT molecular complexity index is 520. The van der Waals surface area contributed by atoms with Crippen molar-refractivity contribution in [1.82, 2.24) is 15.5 Å². The molecule has 1 aromatic carbocycles. The lowest BCUT2D eigenvalue weighted by atomic mass is 10.2. The van der Waals surface area contributed by atoms with Gasteiger partial charge in [0, 0.05) is 10.0 Å². The number of halogens is 1. The minimum atomic E-state index is 0.225. The van der Waals surface area contributed by atoms with E-state index in [1.807, 2.05) is 24.3 Å². The molecule has 1 fully saturated rings. The normalized spacial score (nSPS) is 19.7. The summed E-state index contributed by atoms with van der Waals surface area (Å²) in [6, 6.07) is 8.12. The average Bonchev–Trinajstić information content (AvgIpc) is 3.00. The van der Waals surface area contributed by atoms with Crippen LogP contribution in [-0.4, -0.2) is 16.7 Å². The van der Waals surface area contributed by atoms with E-state index in [1.54, 1.807) is 0 Å². The molecule has 1 aliphatic rings. The van der Waals surface area contributed by atoms with Gasteiger partial charge >= 0.3 is 0 Å². The number of rotatable bonds is 2. The quantitative estimate of drug-likeness (QED) is 0.925. The van der Waals surface area contributed by atoms with Crippen molar-refractivity contribution < 1.29 is 4.52 Å². The number of hydrogen-bond donors (Lipinski definition) is 1. The van der Waals surface area contributed by atoms with Crippen LogP contribution in [0.2, 0.25) is 0 Å². The highest BCUT2D eigenvalue weighted by Crippen LogP contribution is 2.25. The van der Waals surface area contributed by atoms with Crippen LogP contribution in [0.1, 0.15) is 24.8 Å². The minimum Gasteiger partial charge on any atom is -0.337 e. The first-order chi connectivity index (χ1) is 8.33. The molecule has 1 aromatic heterocycles. The van der Waals surface area contributed by atoms with Crippen LogP contribution < -0.4 is 5.32 Å². The van der Waals surface area contributed by atoms with Gasteiger partial charge in [-0.15, -0.1) is 0 Å². The molecule has 1 saturated heterocycles. The molecule has 17 heavy (non-hydrogen) atoms. The molecular formula is C12H12BrN3O. The molecule has 0 spiro atoms. The van der Waals surface area contributed by atoms with E-state index in [0.29, 0.717) is 11.7 Å². The van der Waals surface area contributed by atoms with Gasteiger partial charge in [0.15, 0.2) is 0 Å². The van der Waals surface area contributed by atoms with Crippen LogP contribution in [-0.2, 0) is 0 Å². The molecule has 0 unspecified atom stereocenters. The Morgan fingerprint density at radius 3 is 3.12 bits per heavy atom. The third kappa shape index (κ3) is 2.25. The molecule has 0 aliphatic carbocycles. The molecule has 88 valence electrons. The summed E-state index contributed by atoms with van der Waals surface area (Å²) in [4.78, 5) is 4.44. The Kier molecular flexibility index (Phi) is 2.94. The van der Waals surface area contributed by atoms with Gasteiger partial charge < -0.3 is 9.84 Å². The van der Waals surface area contributed by atoms with E-state index in [1.165, 1.54) is 6.42 Å². The summed E-state index contributed by atoms with van der Waals surface area (Å²) in [7, 11) is 0. The maximum atomic E-state index is 5.30. The molecule has 1 aliphatic heterocycles. The average molecular weight is 294 g/mol. The van der Waals surface area contributed by atoms with Crippen molar-refractivity contribution in [3.05, 3.63) is 34.6 Å². The summed E-state index contributed by atoms with van der Waals surface area (Å²) in [5.74, 6) is 1.34. The molecule has 0 radical (unpaired) electrons. The predicted octanol–water partition coefficient (Wildman–Crippen LogP) is 2.92. The van der Waals surface area contributed by atoms with E-state index in [9.17, 15) is 0 Å². The molecule has 1 N–H and O–H groups in total. The highest BCUT2D eigenvalue weighted by atomic mass is 79.9. The van der Waals surface area contributed by atoms with Crippen molar-refractivity contribution in [2.45, 2.75) is 18.9 Å². The first-order valence-electron chi connectivity index (χ1n) is 5.66. The fourth-order valence-corrected chi connectivity index (χ4v) is 2.42. The molecule has 5 heteroatoms. The number of nitrogens with zero attached hydrogens (tertiary/aromatic N) is 2. The summed E-state index contributed by atoms with van der Waals surface area (Å²) in [6.45, 7) is 1.03. The van der Waals surface area contributed by atoms with Crippen molar-refractivity contribution >= 4 is 15.9 Å². The van der Waals surface area contributed by atoms with E-state index < -0.39 is 0 Å². The monoisotopic (exact) mass is 293 g/mol. The van der Waals surface area contributed by atoms with Gasteiger partial charge in [0.2, 0.25) is 11.7 Å². The largest absolute Gasteiger partial charge is 0.337 e. The van der Waals surface area contributed by atoms with Gasteiger partial charge in [0.1, 0.15) is 0 Å². The van der Waals surface area contributed by atoms with E-state index >= 15 is 0 Å². The molecule has 3 rings (SSSR count). The van der Waals surface area contributed by atoms with Crippen molar-refractivity contribution in [2.24, 2.45) is 0 Å². The lowest BCUT2D eigenvalue weighted by Gasteiger charge is -2.01. The Morgan fingerprint density at radius 1 is 1.41 bits per heavy atom. The zero-order valence-electron chi connectivity index (χ0n) is 9.19. The van der Waals surface area contributed by atoms with Crippen molar-refractivity contribution in [3.63, 3.8) is 0 Å². The summed E-state index contributed by atoms with van der Waals surface area (Å²) < 4.78 is 6.32. The van der Waals surface area contributed by atoms with Crippen LogP contribution in [0.3, 0.4) is 0 Å². The van der Waals surface area contributed by atoms with Crippen LogP contribution in [0.5, 0.6) is 0 Å². The van der Waals surface area contributed by atoms with Gasteiger partial charge in [-0.05, 0) is 31.5 Å². The SMILES string of the molecule is Brc1cccc(-c2noc([C@H]3CCCN3)n2)c1. The Labute approximate surface area is 108 Å². The molecule has 2 heterocycles. The standard InChI is InChI=1S/C12H12BrN3O/c13-9-4-1-3-8(7-9)11-15-12(17-16-11)10-5-2-6-14-10/h1,3-4,7,10,14H,2,5-6H2/t10-/m1/s1. The molecular weight excluding hydrogens is 282 g/mol. The number of nitrogens with one attached hydrogen (secondary N) is 1. The lowest BCUT2D eigenvalue weighted by molar-refractivity contribution is 0.345. The van der Waals surface area contributed by atoms with Crippen LogP contribution in [0.25, 0.3) is 11.4 Å². The topological polar surface area (TPSA) is 51.0 Å². The third-order valence-electron chi connectivity index (χ3n) is 2.88. The molecule has 1 atom stereocenters. The number of aromatic nitrogens is 2. The molecule has 2 aromatic rings. The van der Waals surface area contributed by atoms with Crippen LogP contribution in [0.4, 0.5) is 0 Å². The number of hydrogen-bond acceptors (Lipinski definition) is 4. The lowest BCUT2D eigenvalue weighted by Crippen LogP contribution is -2.12.